The molecule has 2 aromatic carbocycles. The Balaban J connectivity index is 1.76. The second kappa shape index (κ2) is 6.78. The van der Waals surface area contributed by atoms with E-state index in [1.165, 1.54) is 13.2 Å². The van der Waals surface area contributed by atoms with Gasteiger partial charge in [0.1, 0.15) is 17.5 Å². The van der Waals surface area contributed by atoms with Crippen molar-refractivity contribution < 1.29 is 14.1 Å². The highest BCUT2D eigenvalue weighted by Crippen LogP contribution is 2.23. The lowest BCUT2D eigenvalue weighted by molar-refractivity contribution is -0.114. The van der Waals surface area contributed by atoms with Gasteiger partial charge in [-0.3, -0.25) is 9.59 Å². The topological polar surface area (TPSA) is 84.2 Å². The number of hydrogen-bond acceptors (Lipinski definition) is 4. The third kappa shape index (κ3) is 3.49. The van der Waals surface area contributed by atoms with Gasteiger partial charge in [0.05, 0.1) is 0 Å². The van der Waals surface area contributed by atoms with Crippen molar-refractivity contribution in [2.75, 3.05) is 10.6 Å². The number of rotatable bonds is 4. The van der Waals surface area contributed by atoms with Gasteiger partial charge in [-0.05, 0) is 24.3 Å². The maximum atomic E-state index is 12.5. The molecule has 0 saturated carbocycles. The maximum Gasteiger partial charge on any atom is 0.261 e. The molecule has 0 unspecified atom stereocenters. The summed E-state index contributed by atoms with van der Waals surface area (Å²) in [7, 11) is 0. The minimum absolute atomic E-state index is 0.149. The SMILES string of the molecule is CC(=O)Nc1ccc(NC(=O)c2conc2-c2ccccc2)cc1. The Bertz CT molecular complexity index is 855. The molecule has 6 heteroatoms. The number of carbonyl (C=O) groups is 2. The molecule has 2 amide bonds. The molecule has 6 nitrogen and oxygen atoms in total. The normalized spacial score (nSPS) is 10.2. The zero-order valence-electron chi connectivity index (χ0n) is 12.9. The first-order valence-electron chi connectivity index (χ1n) is 7.32. The minimum Gasteiger partial charge on any atom is -0.363 e. The molecule has 0 aliphatic heterocycles. The lowest BCUT2D eigenvalue weighted by Crippen LogP contribution is -2.12. The monoisotopic (exact) mass is 321 g/mol. The molecule has 120 valence electrons. The Morgan fingerprint density at radius 1 is 0.917 bits per heavy atom. The number of nitrogens with zero attached hydrogens (tertiary/aromatic N) is 1. The van der Waals surface area contributed by atoms with E-state index in [2.05, 4.69) is 15.8 Å². The molecule has 0 spiro atoms. The van der Waals surface area contributed by atoms with Crippen molar-refractivity contribution in [3.8, 4) is 11.3 Å². The lowest BCUT2D eigenvalue weighted by Gasteiger charge is -2.07. The lowest BCUT2D eigenvalue weighted by atomic mass is 10.1. The van der Waals surface area contributed by atoms with Crippen molar-refractivity contribution in [1.82, 2.24) is 5.16 Å². The van der Waals surface area contributed by atoms with Crippen molar-refractivity contribution in [1.29, 1.82) is 0 Å². The van der Waals surface area contributed by atoms with E-state index in [1.807, 2.05) is 30.3 Å². The number of anilines is 2. The van der Waals surface area contributed by atoms with Crippen LogP contribution in [0, 0.1) is 0 Å². The van der Waals surface area contributed by atoms with Crippen molar-refractivity contribution in [3.05, 3.63) is 66.4 Å². The summed E-state index contributed by atoms with van der Waals surface area (Å²) in [6.07, 6.45) is 1.32. The predicted octanol–water partition coefficient (Wildman–Crippen LogP) is 3.55. The van der Waals surface area contributed by atoms with Gasteiger partial charge in [0, 0.05) is 23.9 Å². The summed E-state index contributed by atoms with van der Waals surface area (Å²) < 4.78 is 4.96. The third-order valence-electron chi connectivity index (χ3n) is 3.32. The van der Waals surface area contributed by atoms with E-state index in [0.29, 0.717) is 22.6 Å². The summed E-state index contributed by atoms with van der Waals surface area (Å²) in [4.78, 5) is 23.5. The largest absolute Gasteiger partial charge is 0.363 e. The van der Waals surface area contributed by atoms with Gasteiger partial charge in [-0.1, -0.05) is 35.5 Å². The van der Waals surface area contributed by atoms with Crippen LogP contribution in [0.15, 0.2) is 65.4 Å². The van der Waals surface area contributed by atoms with Gasteiger partial charge in [-0.15, -0.1) is 0 Å². The number of nitrogens with one attached hydrogen (secondary N) is 2. The first-order chi connectivity index (χ1) is 11.6. The smallest absolute Gasteiger partial charge is 0.261 e. The Kier molecular flexibility index (Phi) is 4.38. The summed E-state index contributed by atoms with van der Waals surface area (Å²) in [5.74, 6) is -0.467. The first-order valence-corrected chi connectivity index (χ1v) is 7.32. The Morgan fingerprint density at radius 3 is 2.17 bits per heavy atom. The number of aromatic nitrogens is 1. The van der Waals surface area contributed by atoms with Crippen LogP contribution in [-0.4, -0.2) is 17.0 Å². The highest BCUT2D eigenvalue weighted by Gasteiger charge is 2.17. The van der Waals surface area contributed by atoms with Crippen molar-refractivity contribution in [3.63, 3.8) is 0 Å². The van der Waals surface area contributed by atoms with Crippen molar-refractivity contribution in [2.45, 2.75) is 6.92 Å². The zero-order chi connectivity index (χ0) is 16.9. The van der Waals surface area contributed by atoms with Crippen molar-refractivity contribution >= 4 is 23.2 Å². The Morgan fingerprint density at radius 2 is 1.54 bits per heavy atom. The van der Waals surface area contributed by atoms with Gasteiger partial charge >= 0.3 is 0 Å². The fourth-order valence-electron chi connectivity index (χ4n) is 2.24. The van der Waals surface area contributed by atoms with E-state index in [9.17, 15) is 9.59 Å². The molecule has 0 aliphatic rings. The van der Waals surface area contributed by atoms with E-state index in [1.54, 1.807) is 24.3 Å². The third-order valence-corrected chi connectivity index (χ3v) is 3.32. The van der Waals surface area contributed by atoms with Crippen LogP contribution >= 0.6 is 0 Å². The van der Waals surface area contributed by atoms with E-state index in [-0.39, 0.29) is 11.8 Å². The van der Waals surface area contributed by atoms with E-state index < -0.39 is 0 Å². The second-order valence-electron chi connectivity index (χ2n) is 5.16. The summed E-state index contributed by atoms with van der Waals surface area (Å²) in [6.45, 7) is 1.44. The molecule has 1 heterocycles. The molecule has 1 aromatic heterocycles. The van der Waals surface area contributed by atoms with Gasteiger partial charge in [0.25, 0.3) is 5.91 Å². The average molecular weight is 321 g/mol. The zero-order valence-corrected chi connectivity index (χ0v) is 12.9. The van der Waals surface area contributed by atoms with Crippen LogP contribution in [0.2, 0.25) is 0 Å². The van der Waals surface area contributed by atoms with Crippen LogP contribution in [0.3, 0.4) is 0 Å². The molecular weight excluding hydrogens is 306 g/mol. The molecule has 3 aromatic rings. The van der Waals surface area contributed by atoms with Gasteiger partial charge in [0.15, 0.2) is 0 Å². The molecule has 0 fully saturated rings. The molecule has 2 N–H and O–H groups in total. The maximum absolute atomic E-state index is 12.5. The number of benzene rings is 2. The minimum atomic E-state index is -0.317. The standard InChI is InChI=1S/C18H15N3O3/c1-12(22)19-14-7-9-15(10-8-14)20-18(23)16-11-24-21-17(16)13-5-3-2-4-6-13/h2-11H,1H3,(H,19,22)(H,20,23). The fourth-order valence-corrected chi connectivity index (χ4v) is 2.24. The van der Waals surface area contributed by atoms with Crippen molar-refractivity contribution in [2.24, 2.45) is 0 Å². The summed E-state index contributed by atoms with van der Waals surface area (Å²) in [5, 5.41) is 9.36. The van der Waals surface area contributed by atoms with E-state index >= 15 is 0 Å². The average Bonchev–Trinajstić information content (AvgIpc) is 3.07. The van der Waals surface area contributed by atoms with E-state index in [4.69, 9.17) is 4.52 Å². The van der Waals surface area contributed by atoms with Crippen LogP contribution in [-0.2, 0) is 4.79 Å². The van der Waals surface area contributed by atoms with Gasteiger partial charge in [-0.2, -0.15) is 0 Å². The molecule has 0 saturated heterocycles. The van der Waals surface area contributed by atoms with Crippen LogP contribution in [0.25, 0.3) is 11.3 Å². The predicted molar refractivity (Wildman–Crippen MR) is 90.6 cm³/mol. The summed E-state index contributed by atoms with van der Waals surface area (Å²) in [6, 6.07) is 16.2. The number of carbonyl (C=O) groups excluding carboxylic acids is 2. The van der Waals surface area contributed by atoms with E-state index in [0.717, 1.165) is 5.56 Å². The van der Waals surface area contributed by atoms with Crippen LogP contribution < -0.4 is 10.6 Å². The highest BCUT2D eigenvalue weighted by atomic mass is 16.5. The molecule has 0 radical (unpaired) electrons. The Labute approximate surface area is 138 Å². The van der Waals surface area contributed by atoms with Crippen LogP contribution in [0.5, 0.6) is 0 Å². The van der Waals surface area contributed by atoms with Gasteiger partial charge in [-0.25, -0.2) is 0 Å². The van der Waals surface area contributed by atoms with Crippen LogP contribution in [0.4, 0.5) is 11.4 Å². The molecule has 3 rings (SSSR count). The van der Waals surface area contributed by atoms with Gasteiger partial charge < -0.3 is 15.2 Å². The number of hydrogen-bond donors (Lipinski definition) is 2. The molecule has 0 aliphatic carbocycles. The molecule has 0 atom stereocenters. The van der Waals surface area contributed by atoms with Gasteiger partial charge in [0.2, 0.25) is 5.91 Å². The quantitative estimate of drug-likeness (QED) is 0.769. The first kappa shape index (κ1) is 15.5. The second-order valence-corrected chi connectivity index (χ2v) is 5.16. The molecular formula is C18H15N3O3. The highest BCUT2D eigenvalue weighted by molar-refractivity contribution is 6.07. The number of amides is 2. The summed E-state index contributed by atoms with van der Waals surface area (Å²) >= 11 is 0. The molecule has 0 bridgehead atoms. The summed E-state index contributed by atoms with van der Waals surface area (Å²) in [5.41, 5.74) is 2.91. The molecule has 24 heavy (non-hydrogen) atoms. The Hall–Kier alpha value is -3.41. The van der Waals surface area contributed by atoms with Crippen LogP contribution in [0.1, 0.15) is 17.3 Å². The fraction of sp³-hybridized carbons (Fsp3) is 0.0556.